The number of rotatable bonds is 6. The first-order chi connectivity index (χ1) is 17.5. The highest BCUT2D eigenvalue weighted by Crippen LogP contribution is 2.35. The van der Waals surface area contributed by atoms with Crippen LogP contribution in [0.3, 0.4) is 0 Å². The van der Waals surface area contributed by atoms with Crippen LogP contribution in [0.1, 0.15) is 51.0 Å². The first-order valence-electron chi connectivity index (χ1n) is 12.2. The van der Waals surface area contributed by atoms with E-state index in [-0.39, 0.29) is 23.9 Å². The highest BCUT2D eigenvalue weighted by Gasteiger charge is 2.28. The number of piperazine rings is 1. The molecule has 3 heterocycles. The number of carbonyl (C=O) groups is 2. The largest absolute Gasteiger partial charge is 0.444 e. The van der Waals surface area contributed by atoms with Gasteiger partial charge in [-0.1, -0.05) is 0 Å². The summed E-state index contributed by atoms with van der Waals surface area (Å²) in [5.74, 6) is 0.299. The zero-order chi connectivity index (χ0) is 26.7. The normalized spacial score (nSPS) is 14.7. The zero-order valence-corrected chi connectivity index (χ0v) is 22.5. The van der Waals surface area contributed by atoms with E-state index in [2.05, 4.69) is 15.2 Å². The van der Waals surface area contributed by atoms with Crippen LogP contribution >= 0.6 is 11.3 Å². The van der Waals surface area contributed by atoms with Crippen LogP contribution in [-0.2, 0) is 11.3 Å². The predicted octanol–water partition coefficient (Wildman–Crippen LogP) is 4.80. The lowest BCUT2D eigenvalue weighted by atomic mass is 10.1. The average Bonchev–Trinajstić information content (AvgIpc) is 3.46. The van der Waals surface area contributed by atoms with E-state index in [0.717, 1.165) is 0 Å². The van der Waals surface area contributed by atoms with Crippen molar-refractivity contribution in [3.8, 4) is 22.0 Å². The van der Waals surface area contributed by atoms with Gasteiger partial charge in [0.1, 0.15) is 22.8 Å². The lowest BCUT2D eigenvalue weighted by molar-refractivity contribution is 0.0133. The summed E-state index contributed by atoms with van der Waals surface area (Å²) in [6, 6.07) is 6.00. The van der Waals surface area contributed by atoms with Gasteiger partial charge in [0, 0.05) is 43.2 Å². The molecule has 1 aliphatic rings. The fourth-order valence-corrected chi connectivity index (χ4v) is 4.58. The summed E-state index contributed by atoms with van der Waals surface area (Å²) in [7, 11) is 0. The maximum absolute atomic E-state index is 13.6. The van der Waals surface area contributed by atoms with Crippen LogP contribution in [0.15, 0.2) is 34.1 Å². The van der Waals surface area contributed by atoms with E-state index in [4.69, 9.17) is 14.1 Å². The molecule has 0 radical (unpaired) electrons. The molecule has 3 aromatic rings. The number of thiazole rings is 1. The van der Waals surface area contributed by atoms with Crippen molar-refractivity contribution in [2.75, 3.05) is 26.2 Å². The summed E-state index contributed by atoms with van der Waals surface area (Å²) < 4.78 is 25.2. The molecule has 2 aromatic heterocycles. The van der Waals surface area contributed by atoms with Gasteiger partial charge in [-0.25, -0.2) is 19.2 Å². The maximum atomic E-state index is 13.6. The Labute approximate surface area is 219 Å². The Balaban J connectivity index is 1.53. The Hall–Kier alpha value is -3.31. The molecule has 1 saturated heterocycles. The fourth-order valence-electron chi connectivity index (χ4n) is 3.81. The van der Waals surface area contributed by atoms with Crippen molar-refractivity contribution in [3.63, 3.8) is 0 Å². The van der Waals surface area contributed by atoms with Crippen LogP contribution in [0.5, 0.6) is 0 Å². The molecule has 37 heavy (non-hydrogen) atoms. The van der Waals surface area contributed by atoms with Crippen LogP contribution in [0.25, 0.3) is 22.0 Å². The third-order valence-corrected chi connectivity index (χ3v) is 6.36. The molecular formula is C26H32FN5O4S. The molecule has 1 aliphatic heterocycles. The van der Waals surface area contributed by atoms with Crippen LogP contribution in [0, 0.1) is 5.82 Å². The molecule has 1 aromatic carbocycles. The number of nitrogens with zero attached hydrogens (tertiary/aromatic N) is 4. The van der Waals surface area contributed by atoms with Crippen molar-refractivity contribution in [3.05, 3.63) is 47.0 Å². The molecule has 4 rings (SSSR count). The van der Waals surface area contributed by atoms with Crippen molar-refractivity contribution < 1.29 is 23.1 Å². The van der Waals surface area contributed by atoms with Crippen LogP contribution in [0.4, 0.5) is 9.18 Å². The van der Waals surface area contributed by atoms with Crippen molar-refractivity contribution in [2.24, 2.45) is 0 Å². The van der Waals surface area contributed by atoms with Gasteiger partial charge in [0.25, 0.3) is 5.91 Å². The Kier molecular flexibility index (Phi) is 7.93. The standard InChI is InChI=1S/C26H32FN5O4S/c1-16(2)28-23(33)19-15-37-24(29-19)22-21(17-6-8-18(27)9-7-17)30-20(35-22)14-31-10-12-32(13-11-31)25(34)36-26(3,4)5/h6-9,15-16H,10-14H2,1-5H3,(H,28,33). The number of ether oxygens (including phenoxy) is 1. The minimum absolute atomic E-state index is 0.0138. The van der Waals surface area contributed by atoms with Gasteiger partial charge in [0.2, 0.25) is 5.89 Å². The molecule has 0 unspecified atom stereocenters. The highest BCUT2D eigenvalue weighted by molar-refractivity contribution is 7.13. The SMILES string of the molecule is CC(C)NC(=O)c1csc(-c2oc(CN3CCN(C(=O)OC(C)(C)C)CC3)nc2-c2ccc(F)cc2)n1. The van der Waals surface area contributed by atoms with E-state index in [1.54, 1.807) is 22.4 Å². The predicted molar refractivity (Wildman–Crippen MR) is 139 cm³/mol. The van der Waals surface area contributed by atoms with E-state index < -0.39 is 5.60 Å². The van der Waals surface area contributed by atoms with E-state index in [9.17, 15) is 14.0 Å². The molecule has 0 spiro atoms. The number of nitrogens with one attached hydrogen (secondary N) is 1. The fraction of sp³-hybridized carbons (Fsp3) is 0.462. The van der Waals surface area contributed by atoms with Crippen LogP contribution in [-0.4, -0.2) is 69.6 Å². The number of amides is 2. The lowest BCUT2D eigenvalue weighted by Gasteiger charge is -2.35. The van der Waals surface area contributed by atoms with Crippen molar-refractivity contribution in [1.82, 2.24) is 25.1 Å². The molecule has 0 bridgehead atoms. The number of benzene rings is 1. The van der Waals surface area contributed by atoms with Gasteiger partial charge < -0.3 is 19.4 Å². The van der Waals surface area contributed by atoms with Gasteiger partial charge in [-0.2, -0.15) is 0 Å². The third kappa shape index (κ3) is 6.92. The van der Waals surface area contributed by atoms with Gasteiger partial charge in [-0.15, -0.1) is 11.3 Å². The molecule has 1 fully saturated rings. The Morgan fingerprint density at radius 2 is 1.81 bits per heavy atom. The zero-order valence-electron chi connectivity index (χ0n) is 21.7. The monoisotopic (exact) mass is 529 g/mol. The highest BCUT2D eigenvalue weighted by atomic mass is 32.1. The van der Waals surface area contributed by atoms with E-state index >= 15 is 0 Å². The third-order valence-electron chi connectivity index (χ3n) is 5.52. The van der Waals surface area contributed by atoms with Crippen molar-refractivity contribution in [1.29, 1.82) is 0 Å². The molecule has 0 saturated carbocycles. The summed E-state index contributed by atoms with van der Waals surface area (Å²) >= 11 is 1.29. The van der Waals surface area contributed by atoms with Gasteiger partial charge in [-0.05, 0) is 58.9 Å². The molecule has 2 amide bonds. The second-order valence-electron chi connectivity index (χ2n) is 10.2. The molecule has 198 valence electrons. The Bertz CT molecular complexity index is 1240. The van der Waals surface area contributed by atoms with Crippen molar-refractivity contribution in [2.45, 2.75) is 52.8 Å². The number of hydrogen-bond donors (Lipinski definition) is 1. The maximum Gasteiger partial charge on any atom is 0.410 e. The average molecular weight is 530 g/mol. The summed E-state index contributed by atoms with van der Waals surface area (Å²) in [5, 5.41) is 5.03. The van der Waals surface area contributed by atoms with Crippen LogP contribution in [0.2, 0.25) is 0 Å². The van der Waals surface area contributed by atoms with E-state index in [1.807, 2.05) is 34.6 Å². The number of oxazole rings is 1. The first-order valence-corrected chi connectivity index (χ1v) is 13.1. The van der Waals surface area contributed by atoms with Crippen molar-refractivity contribution >= 4 is 23.3 Å². The summed E-state index contributed by atoms with van der Waals surface area (Å²) in [6.45, 7) is 12.1. The van der Waals surface area contributed by atoms with Gasteiger partial charge in [0.05, 0.1) is 6.54 Å². The van der Waals surface area contributed by atoms with Gasteiger partial charge in [-0.3, -0.25) is 9.69 Å². The molecular weight excluding hydrogens is 497 g/mol. The number of carbonyl (C=O) groups excluding carboxylic acids is 2. The summed E-state index contributed by atoms with van der Waals surface area (Å²) in [5.41, 5.74) is 0.983. The smallest absolute Gasteiger partial charge is 0.410 e. The first kappa shape index (κ1) is 26.7. The minimum atomic E-state index is -0.537. The van der Waals surface area contributed by atoms with E-state index in [0.29, 0.717) is 66.3 Å². The number of aromatic nitrogens is 2. The Morgan fingerprint density at radius 1 is 1.14 bits per heavy atom. The second-order valence-corrected chi connectivity index (χ2v) is 11.1. The van der Waals surface area contributed by atoms with Crippen LogP contribution < -0.4 is 5.32 Å². The number of hydrogen-bond acceptors (Lipinski definition) is 8. The molecule has 1 N–H and O–H groups in total. The topological polar surface area (TPSA) is 101 Å². The molecule has 0 aliphatic carbocycles. The second kappa shape index (κ2) is 11.0. The summed E-state index contributed by atoms with van der Waals surface area (Å²) in [6.07, 6.45) is -0.315. The summed E-state index contributed by atoms with van der Waals surface area (Å²) in [4.78, 5) is 37.8. The molecule has 0 atom stereocenters. The van der Waals surface area contributed by atoms with Gasteiger partial charge >= 0.3 is 6.09 Å². The quantitative estimate of drug-likeness (QED) is 0.490. The Morgan fingerprint density at radius 3 is 2.43 bits per heavy atom. The number of halogens is 1. The van der Waals surface area contributed by atoms with E-state index in [1.165, 1.54) is 23.5 Å². The minimum Gasteiger partial charge on any atom is -0.444 e. The lowest BCUT2D eigenvalue weighted by Crippen LogP contribution is -2.49. The van der Waals surface area contributed by atoms with Gasteiger partial charge in [0.15, 0.2) is 10.8 Å². The molecule has 9 nitrogen and oxygen atoms in total. The molecule has 11 heteroatoms.